The second-order valence-corrected chi connectivity index (χ2v) is 10.3. The molecule has 0 heterocycles. The molecule has 0 saturated heterocycles. The van der Waals surface area contributed by atoms with Gasteiger partial charge in [0, 0.05) is 13.2 Å². The fourth-order valence-electron chi connectivity index (χ4n) is 1.60. The quantitative estimate of drug-likeness (QED) is 0.501. The van der Waals surface area contributed by atoms with E-state index >= 15 is 0 Å². The molecule has 0 atom stereocenters. The van der Waals surface area contributed by atoms with Gasteiger partial charge in [-0.3, -0.25) is 0 Å². The van der Waals surface area contributed by atoms with Gasteiger partial charge in [0.2, 0.25) is 0 Å². The third-order valence-corrected chi connectivity index (χ3v) is 6.43. The Morgan fingerprint density at radius 1 is 1.13 bits per heavy atom. The summed E-state index contributed by atoms with van der Waals surface area (Å²) in [4.78, 5) is 3.55. The molecule has 5 heteroatoms. The average Bonchev–Trinajstić information content (AvgIpc) is 2.13. The van der Waals surface area contributed by atoms with E-state index in [4.69, 9.17) is 8.85 Å². The molecule has 0 amide bonds. The summed E-state index contributed by atoms with van der Waals surface area (Å²) in [5.74, 6) is 0. The van der Waals surface area contributed by atoms with Gasteiger partial charge >= 0.3 is 8.56 Å². The van der Waals surface area contributed by atoms with Crippen LogP contribution in [0.15, 0.2) is 0 Å². The molecule has 0 fully saturated rings. The molecule has 0 aromatic heterocycles. The highest BCUT2D eigenvalue weighted by Gasteiger charge is 2.29. The molecular weight excluding hydrogens is 222 g/mol. The number of hydrogen-bond donors (Lipinski definition) is 1. The molecule has 0 aromatic rings. The minimum Gasteiger partial charge on any atom is -0.395 e. The zero-order chi connectivity index (χ0) is 11.7. The Balaban J connectivity index is 3.75. The van der Waals surface area contributed by atoms with Gasteiger partial charge in [-0.25, -0.2) is 0 Å². The Morgan fingerprint density at radius 2 is 1.67 bits per heavy atom. The van der Waals surface area contributed by atoms with Gasteiger partial charge < -0.3 is 13.8 Å². The average molecular weight is 250 g/mol. The summed E-state index contributed by atoms with van der Waals surface area (Å²) in [6.45, 7) is 13.5. The fourth-order valence-corrected chi connectivity index (χ4v) is 4.79. The summed E-state index contributed by atoms with van der Waals surface area (Å²) in [6.07, 6.45) is 1.17. The molecule has 15 heavy (non-hydrogen) atoms. The molecule has 0 rings (SSSR count). The topological polar surface area (TPSA) is 30.5 Å². The van der Waals surface area contributed by atoms with E-state index in [2.05, 4.69) is 24.6 Å². The third kappa shape index (κ3) is 8.16. The molecule has 0 aliphatic rings. The largest absolute Gasteiger partial charge is 0.395 e. The molecule has 0 bridgehead atoms. The van der Waals surface area contributed by atoms with Crippen LogP contribution in [-0.2, 0) is 8.85 Å². The monoisotopic (exact) mass is 249 g/mol. The van der Waals surface area contributed by atoms with Gasteiger partial charge in [-0.05, 0) is 39.4 Å². The highest BCUT2D eigenvalue weighted by Crippen LogP contribution is 2.15. The van der Waals surface area contributed by atoms with Crippen LogP contribution in [0.1, 0.15) is 20.3 Å². The maximum absolute atomic E-state index is 5.78. The maximum atomic E-state index is 5.78. The minimum atomic E-state index is -1.85. The first-order valence-electron chi connectivity index (χ1n) is 6.05. The van der Waals surface area contributed by atoms with Crippen LogP contribution in [0.3, 0.4) is 0 Å². The van der Waals surface area contributed by atoms with Crippen molar-refractivity contribution >= 4 is 17.5 Å². The lowest BCUT2D eigenvalue weighted by molar-refractivity contribution is 0.188. The standard InChI is InChI=1S/C10H27NO2Si2/c1-6-12-15(5,13-7-2)10-8-9-11-14(3)4/h11,14H,6-10H2,1-5H3. The SMILES string of the molecule is CCO[Si](C)(CCCN[SiH](C)C)OCC. The second-order valence-electron chi connectivity index (χ2n) is 4.21. The van der Waals surface area contributed by atoms with E-state index in [1.165, 1.54) is 6.42 Å². The number of nitrogens with one attached hydrogen (secondary N) is 1. The predicted molar refractivity (Wildman–Crippen MR) is 71.2 cm³/mol. The van der Waals surface area contributed by atoms with Crippen molar-refractivity contribution in [2.75, 3.05) is 19.8 Å². The summed E-state index contributed by atoms with van der Waals surface area (Å²) in [6, 6.07) is 1.10. The Bertz CT molecular complexity index is 150. The Hall–Kier alpha value is 0.314. The lowest BCUT2D eigenvalue weighted by atomic mass is 10.5. The van der Waals surface area contributed by atoms with E-state index in [1.807, 2.05) is 13.8 Å². The lowest BCUT2D eigenvalue weighted by Gasteiger charge is -2.26. The van der Waals surface area contributed by atoms with Crippen molar-refractivity contribution in [1.82, 2.24) is 4.98 Å². The smallest absolute Gasteiger partial charge is 0.334 e. The van der Waals surface area contributed by atoms with Crippen molar-refractivity contribution in [3.05, 3.63) is 0 Å². The molecule has 3 nitrogen and oxygen atoms in total. The van der Waals surface area contributed by atoms with E-state index in [0.717, 1.165) is 25.8 Å². The zero-order valence-corrected chi connectivity index (χ0v) is 13.1. The molecule has 0 radical (unpaired) electrons. The summed E-state index contributed by atoms with van der Waals surface area (Å²) in [5, 5.41) is 0. The van der Waals surface area contributed by atoms with E-state index in [9.17, 15) is 0 Å². The molecule has 0 unspecified atom stereocenters. The van der Waals surface area contributed by atoms with E-state index in [1.54, 1.807) is 0 Å². The van der Waals surface area contributed by atoms with Crippen molar-refractivity contribution in [2.24, 2.45) is 0 Å². The van der Waals surface area contributed by atoms with Gasteiger partial charge in [-0.1, -0.05) is 13.1 Å². The van der Waals surface area contributed by atoms with Gasteiger partial charge in [-0.15, -0.1) is 0 Å². The molecule has 0 aliphatic carbocycles. The number of hydrogen-bond acceptors (Lipinski definition) is 3. The van der Waals surface area contributed by atoms with Gasteiger partial charge in [0.25, 0.3) is 0 Å². The highest BCUT2D eigenvalue weighted by molar-refractivity contribution is 6.66. The molecular formula is C10H27NO2Si2. The molecule has 0 spiro atoms. The Morgan fingerprint density at radius 3 is 2.07 bits per heavy atom. The summed E-state index contributed by atoms with van der Waals surface area (Å²) < 4.78 is 11.6. The van der Waals surface area contributed by atoms with Crippen LogP contribution in [0.2, 0.25) is 25.7 Å². The summed E-state index contributed by atoms with van der Waals surface area (Å²) >= 11 is 0. The minimum absolute atomic E-state index is 0.605. The Kier molecular flexibility index (Phi) is 8.64. The fraction of sp³-hybridized carbons (Fsp3) is 1.00. The first-order chi connectivity index (χ1) is 7.04. The van der Waals surface area contributed by atoms with Crippen molar-refractivity contribution in [3.8, 4) is 0 Å². The van der Waals surface area contributed by atoms with Crippen molar-refractivity contribution in [3.63, 3.8) is 0 Å². The first kappa shape index (κ1) is 15.3. The molecule has 0 saturated carbocycles. The van der Waals surface area contributed by atoms with Crippen LogP contribution in [0, 0.1) is 0 Å². The van der Waals surface area contributed by atoms with E-state index in [0.29, 0.717) is 0 Å². The molecule has 0 aromatic carbocycles. The van der Waals surface area contributed by atoms with Crippen LogP contribution < -0.4 is 4.98 Å². The van der Waals surface area contributed by atoms with Gasteiger partial charge in [-0.2, -0.15) is 0 Å². The van der Waals surface area contributed by atoms with Gasteiger partial charge in [0.05, 0.1) is 0 Å². The lowest BCUT2D eigenvalue weighted by Crippen LogP contribution is -2.39. The third-order valence-electron chi connectivity index (χ3n) is 2.26. The number of rotatable bonds is 9. The van der Waals surface area contributed by atoms with Gasteiger partial charge in [0.1, 0.15) is 8.96 Å². The van der Waals surface area contributed by atoms with Crippen LogP contribution in [0.4, 0.5) is 0 Å². The predicted octanol–water partition coefficient (Wildman–Crippen LogP) is 2.09. The van der Waals surface area contributed by atoms with Gasteiger partial charge in [0.15, 0.2) is 0 Å². The van der Waals surface area contributed by atoms with Crippen LogP contribution in [0.5, 0.6) is 0 Å². The first-order valence-corrected chi connectivity index (χ1v) is 11.5. The zero-order valence-electron chi connectivity index (χ0n) is 10.9. The second kappa shape index (κ2) is 8.46. The Labute approximate surface area is 97.5 Å². The van der Waals surface area contributed by atoms with Crippen molar-refractivity contribution in [1.29, 1.82) is 0 Å². The maximum Gasteiger partial charge on any atom is 0.334 e. The van der Waals surface area contributed by atoms with Crippen molar-refractivity contribution in [2.45, 2.75) is 46.0 Å². The molecule has 0 aliphatic heterocycles. The molecule has 92 valence electrons. The normalized spacial score (nSPS) is 12.4. The van der Waals surface area contributed by atoms with Crippen molar-refractivity contribution < 1.29 is 8.85 Å². The molecule has 1 N–H and O–H groups in total. The van der Waals surface area contributed by atoms with Crippen LogP contribution >= 0.6 is 0 Å². The van der Waals surface area contributed by atoms with Crippen LogP contribution in [-0.4, -0.2) is 37.3 Å². The highest BCUT2D eigenvalue weighted by atomic mass is 28.4. The van der Waals surface area contributed by atoms with E-state index in [-0.39, 0.29) is 0 Å². The summed E-state index contributed by atoms with van der Waals surface area (Å²) in [7, 11) is -2.45. The summed E-state index contributed by atoms with van der Waals surface area (Å²) in [5.41, 5.74) is 0. The van der Waals surface area contributed by atoms with Crippen LogP contribution in [0.25, 0.3) is 0 Å². The van der Waals surface area contributed by atoms with E-state index < -0.39 is 17.5 Å².